The summed E-state index contributed by atoms with van der Waals surface area (Å²) in [5.41, 5.74) is 3.65. The Bertz CT molecular complexity index is 1320. The van der Waals surface area contributed by atoms with Gasteiger partial charge in [-0.1, -0.05) is 29.5 Å². The van der Waals surface area contributed by atoms with E-state index in [0.717, 1.165) is 60.6 Å². The maximum atomic E-state index is 13.7. The minimum Gasteiger partial charge on any atom is -0.494 e. The number of para-hydroxylation sites is 2. The van der Waals surface area contributed by atoms with Crippen LogP contribution in [0.2, 0.25) is 0 Å². The highest BCUT2D eigenvalue weighted by atomic mass is 32.1. The normalized spacial score (nSPS) is 14.5. The van der Waals surface area contributed by atoms with E-state index in [1.165, 1.54) is 11.3 Å². The van der Waals surface area contributed by atoms with Gasteiger partial charge >= 0.3 is 0 Å². The highest BCUT2D eigenvalue weighted by molar-refractivity contribution is 7.22. The van der Waals surface area contributed by atoms with Crippen LogP contribution in [-0.4, -0.2) is 72.3 Å². The second kappa shape index (κ2) is 10.0. The van der Waals surface area contributed by atoms with Gasteiger partial charge in [0.05, 0.1) is 42.3 Å². The fraction of sp³-hybridized carbons (Fsp3) is 0.360. The van der Waals surface area contributed by atoms with Crippen molar-refractivity contribution in [3.05, 3.63) is 53.9 Å². The number of methoxy groups -OCH3 is 1. The number of aryl methyl sites for hydroxylation is 1. The van der Waals surface area contributed by atoms with Crippen molar-refractivity contribution in [1.82, 2.24) is 19.9 Å². The molecule has 9 heteroatoms. The molecule has 3 heterocycles. The Morgan fingerprint density at radius 2 is 1.94 bits per heavy atom. The maximum Gasteiger partial charge on any atom is 0.280 e. The fourth-order valence-corrected chi connectivity index (χ4v) is 5.21. The van der Waals surface area contributed by atoms with Crippen molar-refractivity contribution in [1.29, 1.82) is 0 Å². The molecule has 2 aromatic heterocycles. The second-order valence-corrected chi connectivity index (χ2v) is 9.24. The Balaban J connectivity index is 1.47. The zero-order chi connectivity index (χ0) is 23.5. The summed E-state index contributed by atoms with van der Waals surface area (Å²) in [6, 6.07) is 11.5. The molecule has 4 aromatic rings. The van der Waals surface area contributed by atoms with Crippen LogP contribution in [-0.2, 0) is 4.74 Å². The molecule has 0 spiro atoms. The number of aromatic nitrogens is 3. The summed E-state index contributed by atoms with van der Waals surface area (Å²) in [6.07, 6.45) is 2.37. The molecule has 1 aliphatic rings. The minimum absolute atomic E-state index is 0.198. The number of hydrogen-bond acceptors (Lipinski definition) is 8. The molecule has 0 atom stereocenters. The molecule has 0 bridgehead atoms. The molecule has 0 saturated carbocycles. The third kappa shape index (κ3) is 4.59. The Morgan fingerprint density at radius 3 is 2.74 bits per heavy atom. The molecule has 2 aromatic carbocycles. The van der Waals surface area contributed by atoms with Gasteiger partial charge in [0.1, 0.15) is 17.0 Å². The maximum absolute atomic E-state index is 13.7. The van der Waals surface area contributed by atoms with Crippen molar-refractivity contribution in [2.75, 3.05) is 51.4 Å². The molecule has 1 aliphatic heterocycles. The van der Waals surface area contributed by atoms with Crippen LogP contribution < -0.4 is 9.64 Å². The van der Waals surface area contributed by atoms with Crippen molar-refractivity contribution in [2.45, 2.75) is 13.3 Å². The molecule has 1 amide bonds. The Morgan fingerprint density at radius 1 is 1.15 bits per heavy atom. The molecular formula is C25H27N5O3S. The molecule has 1 fully saturated rings. The summed E-state index contributed by atoms with van der Waals surface area (Å²) in [5, 5.41) is 0.643. The Labute approximate surface area is 202 Å². The number of anilines is 1. The summed E-state index contributed by atoms with van der Waals surface area (Å²) in [5.74, 6) is 0.505. The average Bonchev–Trinajstić information content (AvgIpc) is 3.33. The largest absolute Gasteiger partial charge is 0.494 e. The van der Waals surface area contributed by atoms with Gasteiger partial charge in [-0.2, -0.15) is 0 Å². The number of fused-ring (bicyclic) bond motifs is 2. The number of benzene rings is 2. The molecule has 34 heavy (non-hydrogen) atoms. The van der Waals surface area contributed by atoms with Gasteiger partial charge in [-0.3, -0.25) is 19.6 Å². The number of hydrogen-bond donors (Lipinski definition) is 0. The summed E-state index contributed by atoms with van der Waals surface area (Å²) in [7, 11) is 1.64. The predicted molar refractivity (Wildman–Crippen MR) is 134 cm³/mol. The van der Waals surface area contributed by atoms with Gasteiger partial charge in [-0.05, 0) is 37.1 Å². The first-order valence-corrected chi connectivity index (χ1v) is 12.2. The SMILES string of the molecule is COc1ccc(C)c2sc(N(CCCN3CCOCC3)C(=O)c3cnc4ccccc4n3)nc12. The highest BCUT2D eigenvalue weighted by Gasteiger charge is 2.24. The number of carbonyl (C=O) groups excluding carboxylic acids is 1. The number of carbonyl (C=O) groups is 1. The van der Waals surface area contributed by atoms with Crippen LogP contribution in [0.15, 0.2) is 42.6 Å². The fourth-order valence-electron chi connectivity index (χ4n) is 4.14. The average molecular weight is 478 g/mol. The summed E-state index contributed by atoms with van der Waals surface area (Å²) in [4.78, 5) is 31.7. The first-order valence-electron chi connectivity index (χ1n) is 11.4. The monoisotopic (exact) mass is 477 g/mol. The summed E-state index contributed by atoms with van der Waals surface area (Å²) in [6.45, 7) is 6.82. The van der Waals surface area contributed by atoms with E-state index in [-0.39, 0.29) is 5.91 Å². The topological polar surface area (TPSA) is 80.7 Å². The van der Waals surface area contributed by atoms with Gasteiger partial charge in [0.2, 0.25) is 0 Å². The minimum atomic E-state index is -0.198. The smallest absolute Gasteiger partial charge is 0.280 e. The van der Waals surface area contributed by atoms with E-state index in [4.69, 9.17) is 14.5 Å². The van der Waals surface area contributed by atoms with Crippen molar-refractivity contribution < 1.29 is 14.3 Å². The van der Waals surface area contributed by atoms with E-state index in [0.29, 0.717) is 28.6 Å². The number of amides is 1. The zero-order valence-corrected chi connectivity index (χ0v) is 20.2. The number of thiazole rings is 1. The van der Waals surface area contributed by atoms with Gasteiger partial charge in [0.15, 0.2) is 5.13 Å². The molecule has 0 radical (unpaired) electrons. The molecule has 8 nitrogen and oxygen atoms in total. The number of ether oxygens (including phenoxy) is 2. The zero-order valence-electron chi connectivity index (χ0n) is 19.4. The van der Waals surface area contributed by atoms with Crippen molar-refractivity contribution in [2.24, 2.45) is 0 Å². The number of nitrogens with zero attached hydrogens (tertiary/aromatic N) is 5. The van der Waals surface area contributed by atoms with Crippen LogP contribution in [0, 0.1) is 6.92 Å². The van der Waals surface area contributed by atoms with Gasteiger partial charge in [0.25, 0.3) is 5.91 Å². The van der Waals surface area contributed by atoms with Gasteiger partial charge in [-0.15, -0.1) is 0 Å². The second-order valence-electron chi connectivity index (χ2n) is 8.27. The quantitative estimate of drug-likeness (QED) is 0.399. The molecule has 1 saturated heterocycles. The molecule has 5 rings (SSSR count). The molecule has 0 unspecified atom stereocenters. The van der Waals surface area contributed by atoms with Crippen molar-refractivity contribution in [3.63, 3.8) is 0 Å². The van der Waals surface area contributed by atoms with E-state index < -0.39 is 0 Å². The molecular weight excluding hydrogens is 450 g/mol. The molecule has 0 aliphatic carbocycles. The highest BCUT2D eigenvalue weighted by Crippen LogP contribution is 2.36. The first kappa shape index (κ1) is 22.6. The first-order chi connectivity index (χ1) is 16.6. The standard InChI is InChI=1S/C25H27N5O3S/c1-17-8-9-21(32-2)22-23(17)34-25(28-22)30(11-5-10-29-12-14-33-15-13-29)24(31)20-16-26-18-6-3-4-7-19(18)27-20/h3-4,6-9,16H,5,10-15H2,1-2H3. The van der Waals surface area contributed by atoms with Crippen LogP contribution in [0.4, 0.5) is 5.13 Å². The Kier molecular flexibility index (Phi) is 6.66. The van der Waals surface area contributed by atoms with E-state index in [1.54, 1.807) is 18.2 Å². The summed E-state index contributed by atoms with van der Waals surface area (Å²) >= 11 is 1.51. The van der Waals surface area contributed by atoms with Crippen LogP contribution in [0.3, 0.4) is 0 Å². The summed E-state index contributed by atoms with van der Waals surface area (Å²) < 4.78 is 12.0. The number of rotatable bonds is 7. The van der Waals surface area contributed by atoms with Crippen LogP contribution >= 0.6 is 11.3 Å². The van der Waals surface area contributed by atoms with Crippen LogP contribution in [0.1, 0.15) is 22.5 Å². The lowest BCUT2D eigenvalue weighted by Crippen LogP contribution is -2.39. The molecule has 176 valence electrons. The number of morpholine rings is 1. The van der Waals surface area contributed by atoms with Crippen molar-refractivity contribution >= 4 is 43.6 Å². The third-order valence-electron chi connectivity index (χ3n) is 6.02. The lowest BCUT2D eigenvalue weighted by Gasteiger charge is -2.27. The van der Waals surface area contributed by atoms with Crippen LogP contribution in [0.5, 0.6) is 5.75 Å². The van der Waals surface area contributed by atoms with Crippen LogP contribution in [0.25, 0.3) is 21.3 Å². The van der Waals surface area contributed by atoms with Crippen molar-refractivity contribution in [3.8, 4) is 5.75 Å². The van der Waals surface area contributed by atoms with E-state index in [9.17, 15) is 4.79 Å². The van der Waals surface area contributed by atoms with Gasteiger partial charge in [0, 0.05) is 26.2 Å². The van der Waals surface area contributed by atoms with Gasteiger partial charge in [-0.25, -0.2) is 9.97 Å². The lowest BCUT2D eigenvalue weighted by atomic mass is 10.2. The lowest BCUT2D eigenvalue weighted by molar-refractivity contribution is 0.0376. The van der Waals surface area contributed by atoms with E-state index >= 15 is 0 Å². The molecule has 0 N–H and O–H groups in total. The van der Waals surface area contributed by atoms with Gasteiger partial charge < -0.3 is 9.47 Å². The third-order valence-corrected chi connectivity index (χ3v) is 7.23. The predicted octanol–water partition coefficient (Wildman–Crippen LogP) is 3.93. The van der Waals surface area contributed by atoms with E-state index in [1.807, 2.05) is 43.3 Å². The van der Waals surface area contributed by atoms with E-state index in [2.05, 4.69) is 14.9 Å². The Hall–Kier alpha value is -3.14.